The van der Waals surface area contributed by atoms with Crippen LogP contribution in [0.1, 0.15) is 12.7 Å². The molecule has 0 aliphatic heterocycles. The molecular formula is C15H17F3N4O3. The number of amides is 1. The van der Waals surface area contributed by atoms with Crippen LogP contribution in [0.5, 0.6) is 11.5 Å². The van der Waals surface area contributed by atoms with Crippen LogP contribution in [0.4, 0.5) is 19.0 Å². The van der Waals surface area contributed by atoms with Crippen LogP contribution in [0.25, 0.3) is 10.9 Å². The molecule has 0 saturated heterocycles. The summed E-state index contributed by atoms with van der Waals surface area (Å²) in [6.45, 7) is 1.77. The number of ether oxygens (including phenoxy) is 2. The minimum Gasteiger partial charge on any atom is -0.493 e. The number of carbonyl (C=O) groups excluding carboxylic acids is 1. The van der Waals surface area contributed by atoms with Gasteiger partial charge in [0, 0.05) is 31.5 Å². The lowest BCUT2D eigenvalue weighted by Gasteiger charge is -2.14. The van der Waals surface area contributed by atoms with Gasteiger partial charge in [-0.2, -0.15) is 13.2 Å². The van der Waals surface area contributed by atoms with Crippen LogP contribution in [0.2, 0.25) is 0 Å². The Bertz CT molecular complexity index is 781. The summed E-state index contributed by atoms with van der Waals surface area (Å²) in [6, 6.07) is 2.85. The first-order valence-electron chi connectivity index (χ1n) is 7.25. The Morgan fingerprint density at radius 3 is 2.32 bits per heavy atom. The van der Waals surface area contributed by atoms with E-state index in [1.54, 1.807) is 0 Å². The normalized spacial score (nSPS) is 11.3. The number of rotatable bonds is 6. The molecule has 0 aliphatic rings. The highest BCUT2D eigenvalue weighted by molar-refractivity contribution is 5.92. The third-order valence-electron chi connectivity index (χ3n) is 3.25. The maximum absolute atomic E-state index is 13.1. The fraction of sp³-hybridized carbons (Fsp3) is 0.400. The van der Waals surface area contributed by atoms with E-state index in [0.717, 1.165) is 0 Å². The van der Waals surface area contributed by atoms with Gasteiger partial charge in [0.15, 0.2) is 11.5 Å². The predicted molar refractivity (Wildman–Crippen MR) is 84.8 cm³/mol. The second-order valence-corrected chi connectivity index (χ2v) is 5.03. The molecule has 10 heteroatoms. The Balaban J connectivity index is 2.49. The van der Waals surface area contributed by atoms with Crippen molar-refractivity contribution in [2.45, 2.75) is 13.1 Å². The van der Waals surface area contributed by atoms with E-state index in [1.165, 1.54) is 33.3 Å². The third-order valence-corrected chi connectivity index (χ3v) is 3.25. The van der Waals surface area contributed by atoms with Gasteiger partial charge in [-0.05, 0) is 6.07 Å². The zero-order chi connectivity index (χ0) is 18.6. The predicted octanol–water partition coefficient (Wildman–Crippen LogP) is 2.21. The standard InChI is InChI=1S/C15H17F3N4O3/c1-8(23)19-4-5-20-13-9-6-11(24-2)12(25-3)7-10(9)21-14(22-13)15(16,17)18/h6-7H,4-5H2,1-3H3,(H,19,23)(H,20,21,22). The average Bonchev–Trinajstić information content (AvgIpc) is 2.55. The van der Waals surface area contributed by atoms with Gasteiger partial charge in [-0.15, -0.1) is 0 Å². The van der Waals surface area contributed by atoms with E-state index in [-0.39, 0.29) is 36.1 Å². The van der Waals surface area contributed by atoms with Crippen LogP contribution < -0.4 is 20.1 Å². The van der Waals surface area contributed by atoms with Crippen LogP contribution in [0, 0.1) is 0 Å². The van der Waals surface area contributed by atoms with Gasteiger partial charge in [-0.3, -0.25) is 4.79 Å². The van der Waals surface area contributed by atoms with E-state index in [1.807, 2.05) is 0 Å². The maximum atomic E-state index is 13.1. The zero-order valence-corrected chi connectivity index (χ0v) is 13.8. The monoisotopic (exact) mass is 358 g/mol. The summed E-state index contributed by atoms with van der Waals surface area (Å²) in [4.78, 5) is 18.0. The van der Waals surface area contributed by atoms with Crippen molar-refractivity contribution in [1.29, 1.82) is 0 Å². The average molecular weight is 358 g/mol. The lowest BCUT2D eigenvalue weighted by atomic mass is 10.2. The minimum atomic E-state index is -4.70. The molecule has 0 fully saturated rings. The third kappa shape index (κ3) is 4.40. The van der Waals surface area contributed by atoms with Crippen molar-refractivity contribution >= 4 is 22.6 Å². The van der Waals surface area contributed by atoms with E-state index in [2.05, 4.69) is 20.6 Å². The maximum Gasteiger partial charge on any atom is 0.451 e. The first-order valence-corrected chi connectivity index (χ1v) is 7.25. The molecule has 1 aromatic heterocycles. The molecule has 0 atom stereocenters. The molecule has 0 bridgehead atoms. The number of hydrogen-bond donors (Lipinski definition) is 2. The number of nitrogens with zero attached hydrogens (tertiary/aromatic N) is 2. The van der Waals surface area contributed by atoms with Crippen molar-refractivity contribution in [3.8, 4) is 11.5 Å². The SMILES string of the molecule is COc1cc2nc(C(F)(F)F)nc(NCCNC(C)=O)c2cc1OC. The van der Waals surface area contributed by atoms with Gasteiger partial charge >= 0.3 is 6.18 Å². The number of aromatic nitrogens is 2. The highest BCUT2D eigenvalue weighted by Gasteiger charge is 2.35. The van der Waals surface area contributed by atoms with Crippen molar-refractivity contribution in [2.75, 3.05) is 32.6 Å². The lowest BCUT2D eigenvalue weighted by Crippen LogP contribution is -2.26. The molecule has 2 aromatic rings. The molecule has 1 amide bonds. The fourth-order valence-corrected chi connectivity index (χ4v) is 2.14. The van der Waals surface area contributed by atoms with E-state index in [0.29, 0.717) is 11.1 Å². The van der Waals surface area contributed by atoms with E-state index >= 15 is 0 Å². The van der Waals surface area contributed by atoms with Crippen LogP contribution in [0.3, 0.4) is 0 Å². The van der Waals surface area contributed by atoms with Crippen LogP contribution >= 0.6 is 0 Å². The molecule has 0 spiro atoms. The number of anilines is 1. The number of benzene rings is 1. The molecule has 0 saturated carbocycles. The highest BCUT2D eigenvalue weighted by Crippen LogP contribution is 2.36. The largest absolute Gasteiger partial charge is 0.493 e. The number of halogens is 3. The number of alkyl halides is 3. The Kier molecular flexibility index (Phi) is 5.50. The summed E-state index contributed by atoms with van der Waals surface area (Å²) in [5, 5.41) is 5.66. The lowest BCUT2D eigenvalue weighted by molar-refractivity contribution is -0.144. The number of carbonyl (C=O) groups is 1. The quantitative estimate of drug-likeness (QED) is 0.770. The Labute approximate surface area is 141 Å². The van der Waals surface area contributed by atoms with Crippen molar-refractivity contribution < 1.29 is 27.4 Å². The Morgan fingerprint density at radius 1 is 1.12 bits per heavy atom. The summed E-state index contributed by atoms with van der Waals surface area (Å²) < 4.78 is 49.4. The molecule has 0 unspecified atom stereocenters. The Morgan fingerprint density at radius 2 is 1.76 bits per heavy atom. The molecular weight excluding hydrogens is 341 g/mol. The molecule has 0 radical (unpaired) electrons. The van der Waals surface area contributed by atoms with Gasteiger partial charge < -0.3 is 20.1 Å². The van der Waals surface area contributed by atoms with Crippen molar-refractivity contribution in [3.63, 3.8) is 0 Å². The van der Waals surface area contributed by atoms with Gasteiger partial charge in [0.2, 0.25) is 11.7 Å². The van der Waals surface area contributed by atoms with Crippen molar-refractivity contribution in [2.24, 2.45) is 0 Å². The van der Waals surface area contributed by atoms with Gasteiger partial charge in [-0.1, -0.05) is 0 Å². The first kappa shape index (κ1) is 18.6. The second-order valence-electron chi connectivity index (χ2n) is 5.03. The summed E-state index contributed by atoms with van der Waals surface area (Å²) in [7, 11) is 2.79. The van der Waals surface area contributed by atoms with Gasteiger partial charge in [0.25, 0.3) is 0 Å². The second kappa shape index (κ2) is 7.41. The summed E-state index contributed by atoms with van der Waals surface area (Å²) >= 11 is 0. The Hall–Kier alpha value is -2.78. The topological polar surface area (TPSA) is 85.4 Å². The van der Waals surface area contributed by atoms with Crippen molar-refractivity contribution in [1.82, 2.24) is 15.3 Å². The van der Waals surface area contributed by atoms with Gasteiger partial charge in [-0.25, -0.2) is 9.97 Å². The molecule has 0 aliphatic carbocycles. The summed E-state index contributed by atoms with van der Waals surface area (Å²) in [5.74, 6) is -0.927. The fourth-order valence-electron chi connectivity index (χ4n) is 2.14. The van der Waals surface area contributed by atoms with E-state index in [9.17, 15) is 18.0 Å². The molecule has 25 heavy (non-hydrogen) atoms. The molecule has 136 valence electrons. The number of fused-ring (bicyclic) bond motifs is 1. The minimum absolute atomic E-state index is 0.0105. The number of hydrogen-bond acceptors (Lipinski definition) is 6. The molecule has 2 rings (SSSR count). The van der Waals surface area contributed by atoms with Gasteiger partial charge in [0.05, 0.1) is 19.7 Å². The first-order chi connectivity index (χ1) is 11.8. The van der Waals surface area contributed by atoms with E-state index in [4.69, 9.17) is 9.47 Å². The van der Waals surface area contributed by atoms with E-state index < -0.39 is 12.0 Å². The highest BCUT2D eigenvalue weighted by atomic mass is 19.4. The number of nitrogens with one attached hydrogen (secondary N) is 2. The smallest absolute Gasteiger partial charge is 0.451 e. The molecule has 1 aromatic carbocycles. The van der Waals surface area contributed by atoms with Crippen LogP contribution in [-0.4, -0.2) is 43.2 Å². The molecule has 7 nitrogen and oxygen atoms in total. The molecule has 2 N–H and O–H groups in total. The zero-order valence-electron chi connectivity index (χ0n) is 13.8. The summed E-state index contributed by atoms with van der Waals surface area (Å²) in [5.41, 5.74) is 0.0574. The number of methoxy groups -OCH3 is 2. The van der Waals surface area contributed by atoms with Gasteiger partial charge in [0.1, 0.15) is 5.82 Å². The van der Waals surface area contributed by atoms with Crippen LogP contribution in [-0.2, 0) is 11.0 Å². The van der Waals surface area contributed by atoms with Crippen LogP contribution in [0.15, 0.2) is 12.1 Å². The molecule has 1 heterocycles. The van der Waals surface area contributed by atoms with Crippen molar-refractivity contribution in [3.05, 3.63) is 18.0 Å². The summed E-state index contributed by atoms with van der Waals surface area (Å²) in [6.07, 6.45) is -4.70.